The summed E-state index contributed by atoms with van der Waals surface area (Å²) in [6.45, 7) is 4.60. The van der Waals surface area contributed by atoms with E-state index in [0.717, 1.165) is 0 Å². The van der Waals surface area contributed by atoms with E-state index in [1.807, 2.05) is 0 Å². The average molecular weight is 321 g/mol. The van der Waals surface area contributed by atoms with Crippen LogP contribution in [0.25, 0.3) is 0 Å². The first-order valence-corrected chi connectivity index (χ1v) is 10.6. The van der Waals surface area contributed by atoms with Crippen LogP contribution in [0.15, 0.2) is 30.3 Å². The molecule has 0 fully saturated rings. The normalized spacial score (nSPS) is 12.5. The molecule has 0 saturated carbocycles. The lowest BCUT2D eigenvalue weighted by molar-refractivity contribution is 0.563. The van der Waals surface area contributed by atoms with Crippen LogP contribution < -0.4 is 0 Å². The number of hydrogen-bond donors (Lipinski definition) is 0. The van der Waals surface area contributed by atoms with Gasteiger partial charge < -0.3 is 0 Å². The maximum atomic E-state index is 2.31. The second-order valence-electron chi connectivity index (χ2n) is 6.36. The summed E-state index contributed by atoms with van der Waals surface area (Å²) in [5.74, 6) is 1.32. The topological polar surface area (TPSA) is 0 Å². The predicted octanol–water partition coefficient (Wildman–Crippen LogP) is 7.79. The molecule has 1 atom stereocenters. The lowest BCUT2D eigenvalue weighted by Crippen LogP contribution is -1.94. The van der Waals surface area contributed by atoms with Gasteiger partial charge in [0.25, 0.3) is 0 Å². The van der Waals surface area contributed by atoms with Crippen molar-refractivity contribution in [2.45, 2.75) is 89.7 Å². The van der Waals surface area contributed by atoms with Gasteiger partial charge in [0.05, 0.1) is 0 Å². The Morgan fingerprint density at radius 3 is 1.82 bits per heavy atom. The summed E-state index contributed by atoms with van der Waals surface area (Å²) in [6, 6.07) is 11.0. The summed E-state index contributed by atoms with van der Waals surface area (Å²) in [4.78, 5) is 0. The van der Waals surface area contributed by atoms with E-state index in [-0.39, 0.29) is 0 Å². The molecular formula is C21H36S. The molecule has 0 amide bonds. The number of benzene rings is 1. The third-order valence-corrected chi connectivity index (χ3v) is 5.89. The molecule has 0 aliphatic carbocycles. The fraction of sp³-hybridized carbons (Fsp3) is 0.714. The zero-order chi connectivity index (χ0) is 15.9. The van der Waals surface area contributed by atoms with Crippen LogP contribution in [-0.4, -0.2) is 5.75 Å². The molecule has 0 aliphatic rings. The van der Waals surface area contributed by atoms with Gasteiger partial charge in [0, 0.05) is 5.25 Å². The molecule has 0 N–H and O–H groups in total. The summed E-state index contributed by atoms with van der Waals surface area (Å²) in [7, 11) is 0. The first kappa shape index (κ1) is 19.6. The van der Waals surface area contributed by atoms with E-state index in [9.17, 15) is 0 Å². The fourth-order valence-corrected chi connectivity index (χ4v) is 4.17. The van der Waals surface area contributed by atoms with Gasteiger partial charge in [-0.25, -0.2) is 0 Å². The Bertz CT molecular complexity index is 333. The monoisotopic (exact) mass is 320 g/mol. The van der Waals surface area contributed by atoms with Gasteiger partial charge in [-0.3, -0.25) is 0 Å². The molecule has 1 aromatic carbocycles. The minimum absolute atomic E-state index is 0.694. The first-order valence-electron chi connectivity index (χ1n) is 9.55. The van der Waals surface area contributed by atoms with Gasteiger partial charge in [0.1, 0.15) is 0 Å². The Labute approximate surface area is 143 Å². The van der Waals surface area contributed by atoms with Gasteiger partial charge in [-0.15, -0.1) is 0 Å². The molecule has 126 valence electrons. The molecule has 22 heavy (non-hydrogen) atoms. The highest BCUT2D eigenvalue weighted by Crippen LogP contribution is 2.32. The molecule has 1 aromatic rings. The van der Waals surface area contributed by atoms with E-state index in [1.54, 1.807) is 0 Å². The van der Waals surface area contributed by atoms with Crippen molar-refractivity contribution in [3.8, 4) is 0 Å². The van der Waals surface area contributed by atoms with Crippen LogP contribution >= 0.6 is 11.8 Å². The van der Waals surface area contributed by atoms with Crippen LogP contribution in [0.5, 0.6) is 0 Å². The second-order valence-corrected chi connectivity index (χ2v) is 7.67. The molecule has 0 spiro atoms. The number of unbranched alkanes of at least 4 members (excludes halogenated alkanes) is 9. The third-order valence-electron chi connectivity index (χ3n) is 4.36. The van der Waals surface area contributed by atoms with Crippen molar-refractivity contribution < 1.29 is 0 Å². The number of hydrogen-bond acceptors (Lipinski definition) is 1. The minimum Gasteiger partial charge on any atom is -0.154 e. The molecule has 0 heterocycles. The maximum Gasteiger partial charge on any atom is 0.0294 e. The third kappa shape index (κ3) is 9.56. The quantitative estimate of drug-likeness (QED) is 0.315. The molecule has 1 unspecified atom stereocenters. The smallest absolute Gasteiger partial charge is 0.0294 e. The van der Waals surface area contributed by atoms with Crippen molar-refractivity contribution in [3.05, 3.63) is 35.9 Å². The zero-order valence-electron chi connectivity index (χ0n) is 14.9. The van der Waals surface area contributed by atoms with Crippen LogP contribution in [-0.2, 0) is 0 Å². The summed E-state index contributed by atoms with van der Waals surface area (Å²) in [6.07, 6.45) is 15.6. The lowest BCUT2D eigenvalue weighted by atomic mass is 10.1. The van der Waals surface area contributed by atoms with E-state index in [0.29, 0.717) is 5.25 Å². The molecule has 1 rings (SSSR count). The van der Waals surface area contributed by atoms with Crippen molar-refractivity contribution in [2.24, 2.45) is 0 Å². The molecule has 0 aliphatic heterocycles. The molecule has 1 heteroatoms. The molecule has 0 bridgehead atoms. The van der Waals surface area contributed by atoms with Crippen molar-refractivity contribution >= 4 is 11.8 Å². The number of rotatable bonds is 14. The number of thioether (sulfide) groups is 1. The summed E-state index contributed by atoms with van der Waals surface area (Å²) < 4.78 is 0. The van der Waals surface area contributed by atoms with Crippen LogP contribution in [0.4, 0.5) is 0 Å². The molecule has 0 nitrogen and oxygen atoms in total. The predicted molar refractivity (Wildman–Crippen MR) is 104 cm³/mol. The van der Waals surface area contributed by atoms with Crippen molar-refractivity contribution in [2.75, 3.05) is 5.75 Å². The van der Waals surface area contributed by atoms with Gasteiger partial charge >= 0.3 is 0 Å². The Morgan fingerprint density at radius 2 is 1.27 bits per heavy atom. The Kier molecular flexibility index (Phi) is 12.6. The summed E-state index contributed by atoms with van der Waals surface area (Å²) in [5.41, 5.74) is 1.50. The van der Waals surface area contributed by atoms with Crippen LogP contribution in [0.2, 0.25) is 0 Å². The highest BCUT2D eigenvalue weighted by molar-refractivity contribution is 7.99. The molecule has 0 radical (unpaired) electrons. The maximum absolute atomic E-state index is 2.31. The highest BCUT2D eigenvalue weighted by Gasteiger charge is 2.08. The lowest BCUT2D eigenvalue weighted by Gasteiger charge is -2.14. The molecular weight excluding hydrogens is 284 g/mol. The van der Waals surface area contributed by atoms with Crippen molar-refractivity contribution in [3.63, 3.8) is 0 Å². The van der Waals surface area contributed by atoms with E-state index >= 15 is 0 Å². The Morgan fingerprint density at radius 1 is 0.727 bits per heavy atom. The zero-order valence-corrected chi connectivity index (χ0v) is 15.7. The van der Waals surface area contributed by atoms with Gasteiger partial charge in [-0.1, -0.05) is 102 Å². The van der Waals surface area contributed by atoms with Gasteiger partial charge in [-0.2, -0.15) is 11.8 Å². The highest BCUT2D eigenvalue weighted by atomic mass is 32.2. The van der Waals surface area contributed by atoms with Gasteiger partial charge in [0.2, 0.25) is 0 Å². The van der Waals surface area contributed by atoms with E-state index in [1.165, 1.54) is 81.9 Å². The Balaban J connectivity index is 1.94. The SMILES string of the molecule is CCCCCCCCCCCCSC(CC)c1ccccc1. The van der Waals surface area contributed by atoms with Crippen LogP contribution in [0.3, 0.4) is 0 Å². The first-order chi connectivity index (χ1) is 10.9. The van der Waals surface area contributed by atoms with Crippen LogP contribution in [0, 0.1) is 0 Å². The molecule has 0 aromatic heterocycles. The summed E-state index contributed by atoms with van der Waals surface area (Å²) in [5, 5.41) is 0.694. The van der Waals surface area contributed by atoms with Crippen molar-refractivity contribution in [1.29, 1.82) is 0 Å². The van der Waals surface area contributed by atoms with Crippen molar-refractivity contribution in [1.82, 2.24) is 0 Å². The van der Waals surface area contributed by atoms with E-state index < -0.39 is 0 Å². The van der Waals surface area contributed by atoms with E-state index in [4.69, 9.17) is 0 Å². The largest absolute Gasteiger partial charge is 0.154 e. The second kappa shape index (κ2) is 14.2. The summed E-state index contributed by atoms with van der Waals surface area (Å²) >= 11 is 2.15. The minimum atomic E-state index is 0.694. The van der Waals surface area contributed by atoms with E-state index in [2.05, 4.69) is 55.9 Å². The standard InChI is InChI=1S/C21H36S/c1-3-5-6-7-8-9-10-11-12-16-19-22-21(4-2)20-17-14-13-15-18-20/h13-15,17-18,21H,3-12,16,19H2,1-2H3. The Hall–Kier alpha value is -0.430. The fourth-order valence-electron chi connectivity index (χ4n) is 2.93. The van der Waals surface area contributed by atoms with Crippen LogP contribution in [0.1, 0.15) is 95.3 Å². The molecule has 0 saturated heterocycles. The average Bonchev–Trinajstić information content (AvgIpc) is 2.57. The van der Waals surface area contributed by atoms with Gasteiger partial charge in [0.15, 0.2) is 0 Å². The van der Waals surface area contributed by atoms with Gasteiger partial charge in [-0.05, 0) is 24.2 Å².